The SMILES string of the molecule is C=Cc1ccc(CNN(Cc2ccc(C=C)cc2)CC(C)O)cc1. The summed E-state index contributed by atoms with van der Waals surface area (Å²) in [4.78, 5) is 0. The summed E-state index contributed by atoms with van der Waals surface area (Å²) in [6, 6.07) is 16.6. The number of nitrogens with one attached hydrogen (secondary N) is 1. The van der Waals surface area contributed by atoms with Gasteiger partial charge in [0.1, 0.15) is 0 Å². The van der Waals surface area contributed by atoms with Crippen molar-refractivity contribution < 1.29 is 5.11 Å². The van der Waals surface area contributed by atoms with E-state index in [-0.39, 0.29) is 0 Å². The molecule has 0 spiro atoms. The Kier molecular flexibility index (Phi) is 6.94. The van der Waals surface area contributed by atoms with Crippen molar-refractivity contribution in [2.75, 3.05) is 6.54 Å². The van der Waals surface area contributed by atoms with Gasteiger partial charge >= 0.3 is 0 Å². The van der Waals surface area contributed by atoms with Crippen LogP contribution in [0.3, 0.4) is 0 Å². The second-order valence-corrected chi connectivity index (χ2v) is 5.96. The molecule has 0 fully saturated rings. The van der Waals surface area contributed by atoms with E-state index in [2.05, 4.69) is 72.1 Å². The van der Waals surface area contributed by atoms with E-state index in [1.807, 2.05) is 12.2 Å². The van der Waals surface area contributed by atoms with E-state index in [0.29, 0.717) is 6.54 Å². The molecule has 0 aliphatic rings. The van der Waals surface area contributed by atoms with Gasteiger partial charge in [0.05, 0.1) is 6.10 Å². The van der Waals surface area contributed by atoms with Crippen LogP contribution >= 0.6 is 0 Å². The highest BCUT2D eigenvalue weighted by Gasteiger charge is 2.09. The molecule has 0 saturated heterocycles. The third-order valence-electron chi connectivity index (χ3n) is 3.80. The minimum Gasteiger partial charge on any atom is -0.392 e. The average molecular weight is 322 g/mol. The zero-order valence-electron chi connectivity index (χ0n) is 14.3. The Bertz CT molecular complexity index is 645. The first-order valence-corrected chi connectivity index (χ1v) is 8.20. The van der Waals surface area contributed by atoms with Crippen molar-refractivity contribution in [1.29, 1.82) is 0 Å². The van der Waals surface area contributed by atoms with Gasteiger partial charge in [-0.2, -0.15) is 0 Å². The molecule has 1 unspecified atom stereocenters. The fourth-order valence-corrected chi connectivity index (χ4v) is 2.46. The standard InChI is InChI=1S/C21H26N2O/c1-4-18-6-10-20(11-7-18)14-22-23(15-17(3)24)16-21-12-8-19(5-2)9-13-21/h4-13,17,22,24H,1-2,14-16H2,3H3. The zero-order valence-corrected chi connectivity index (χ0v) is 14.3. The molecule has 0 heterocycles. The Labute approximate surface area is 144 Å². The van der Waals surface area contributed by atoms with Crippen LogP contribution in [0.1, 0.15) is 29.2 Å². The Morgan fingerprint density at radius 2 is 1.46 bits per heavy atom. The lowest BCUT2D eigenvalue weighted by molar-refractivity contribution is 0.0844. The van der Waals surface area contributed by atoms with E-state index in [1.165, 1.54) is 11.1 Å². The summed E-state index contributed by atoms with van der Waals surface area (Å²) in [5.41, 5.74) is 8.01. The van der Waals surface area contributed by atoms with Gasteiger partial charge in [0.15, 0.2) is 0 Å². The van der Waals surface area contributed by atoms with E-state index >= 15 is 0 Å². The maximum Gasteiger partial charge on any atom is 0.0653 e. The molecule has 126 valence electrons. The number of aliphatic hydroxyl groups excluding tert-OH is 1. The largest absolute Gasteiger partial charge is 0.392 e. The number of rotatable bonds is 9. The molecular formula is C21H26N2O. The normalized spacial score (nSPS) is 12.1. The highest BCUT2D eigenvalue weighted by atomic mass is 16.3. The van der Waals surface area contributed by atoms with Crippen LogP contribution in [0.15, 0.2) is 61.7 Å². The van der Waals surface area contributed by atoms with Crippen molar-refractivity contribution in [2.24, 2.45) is 0 Å². The second-order valence-electron chi connectivity index (χ2n) is 5.96. The summed E-state index contributed by atoms with van der Waals surface area (Å²) < 4.78 is 0. The molecule has 24 heavy (non-hydrogen) atoms. The summed E-state index contributed by atoms with van der Waals surface area (Å²) in [5.74, 6) is 0. The number of benzene rings is 2. The highest BCUT2D eigenvalue weighted by Crippen LogP contribution is 2.09. The van der Waals surface area contributed by atoms with Gasteiger partial charge in [-0.15, -0.1) is 0 Å². The second kappa shape index (κ2) is 9.18. The van der Waals surface area contributed by atoms with Crippen LogP contribution in [0.5, 0.6) is 0 Å². The van der Waals surface area contributed by atoms with Crippen LogP contribution in [-0.4, -0.2) is 22.8 Å². The van der Waals surface area contributed by atoms with E-state index in [0.717, 1.165) is 24.2 Å². The smallest absolute Gasteiger partial charge is 0.0653 e. The summed E-state index contributed by atoms with van der Waals surface area (Å²) in [6.45, 7) is 11.4. The van der Waals surface area contributed by atoms with Gasteiger partial charge in [-0.05, 0) is 29.2 Å². The number of hydrogen-bond donors (Lipinski definition) is 2. The summed E-state index contributed by atoms with van der Waals surface area (Å²) in [5, 5.41) is 11.8. The summed E-state index contributed by atoms with van der Waals surface area (Å²) in [6.07, 6.45) is 3.28. The van der Waals surface area contributed by atoms with E-state index in [9.17, 15) is 5.11 Å². The lowest BCUT2D eigenvalue weighted by atomic mass is 10.1. The number of nitrogens with zero attached hydrogens (tertiary/aromatic N) is 1. The molecule has 3 heteroatoms. The van der Waals surface area contributed by atoms with Crippen molar-refractivity contribution >= 4 is 12.2 Å². The monoisotopic (exact) mass is 322 g/mol. The van der Waals surface area contributed by atoms with E-state index in [4.69, 9.17) is 0 Å². The van der Waals surface area contributed by atoms with Gasteiger partial charge in [0.25, 0.3) is 0 Å². The van der Waals surface area contributed by atoms with Gasteiger partial charge in [-0.25, -0.2) is 5.01 Å². The topological polar surface area (TPSA) is 35.5 Å². The first-order chi connectivity index (χ1) is 11.6. The van der Waals surface area contributed by atoms with Gasteiger partial charge in [-0.3, -0.25) is 5.43 Å². The molecule has 1 atom stereocenters. The summed E-state index contributed by atoms with van der Waals surface area (Å²) >= 11 is 0. The predicted molar refractivity (Wildman–Crippen MR) is 102 cm³/mol. The van der Waals surface area contributed by atoms with Crippen LogP contribution < -0.4 is 5.43 Å². The molecule has 0 aliphatic heterocycles. The molecule has 2 N–H and O–H groups in total. The van der Waals surface area contributed by atoms with Gasteiger partial charge in [-0.1, -0.05) is 73.8 Å². The maximum absolute atomic E-state index is 9.74. The fraction of sp³-hybridized carbons (Fsp3) is 0.238. The third-order valence-corrected chi connectivity index (χ3v) is 3.80. The van der Waals surface area contributed by atoms with Crippen LogP contribution in [0.25, 0.3) is 12.2 Å². The molecule has 2 aromatic rings. The van der Waals surface area contributed by atoms with E-state index < -0.39 is 6.10 Å². The number of hydrazine groups is 1. The van der Waals surface area contributed by atoms with E-state index in [1.54, 1.807) is 6.92 Å². The molecule has 3 nitrogen and oxygen atoms in total. The third kappa shape index (κ3) is 5.78. The Hall–Kier alpha value is -2.20. The lowest BCUT2D eigenvalue weighted by Gasteiger charge is -2.25. The first-order valence-electron chi connectivity index (χ1n) is 8.20. The quantitative estimate of drug-likeness (QED) is 0.688. The Morgan fingerprint density at radius 3 is 1.92 bits per heavy atom. The van der Waals surface area contributed by atoms with Crippen molar-refractivity contribution in [3.8, 4) is 0 Å². The summed E-state index contributed by atoms with van der Waals surface area (Å²) in [7, 11) is 0. The minimum atomic E-state index is -0.395. The lowest BCUT2D eigenvalue weighted by Crippen LogP contribution is -2.41. The average Bonchev–Trinajstić information content (AvgIpc) is 2.60. The minimum absolute atomic E-state index is 0.395. The van der Waals surface area contributed by atoms with Gasteiger partial charge < -0.3 is 5.11 Å². The van der Waals surface area contributed by atoms with Crippen LogP contribution in [0.4, 0.5) is 0 Å². The first kappa shape index (κ1) is 18.1. The highest BCUT2D eigenvalue weighted by molar-refractivity contribution is 5.47. The molecule has 0 radical (unpaired) electrons. The van der Waals surface area contributed by atoms with Crippen LogP contribution in [0.2, 0.25) is 0 Å². The van der Waals surface area contributed by atoms with Crippen LogP contribution in [0, 0.1) is 0 Å². The zero-order chi connectivity index (χ0) is 17.4. The molecule has 2 aromatic carbocycles. The van der Waals surface area contributed by atoms with Crippen LogP contribution in [-0.2, 0) is 13.1 Å². The van der Waals surface area contributed by atoms with Crippen molar-refractivity contribution in [1.82, 2.24) is 10.4 Å². The molecule has 0 amide bonds. The van der Waals surface area contributed by atoms with Gasteiger partial charge in [0, 0.05) is 19.6 Å². The molecule has 2 rings (SSSR count). The Balaban J connectivity index is 1.98. The molecule has 0 aliphatic carbocycles. The number of hydrogen-bond acceptors (Lipinski definition) is 3. The maximum atomic E-state index is 9.74. The molecule has 0 saturated carbocycles. The molecule has 0 aromatic heterocycles. The van der Waals surface area contributed by atoms with Crippen molar-refractivity contribution in [3.05, 3.63) is 83.9 Å². The van der Waals surface area contributed by atoms with Crippen molar-refractivity contribution in [3.63, 3.8) is 0 Å². The molecule has 0 bridgehead atoms. The molecular weight excluding hydrogens is 296 g/mol. The predicted octanol–water partition coefficient (Wildman–Crippen LogP) is 3.86. The Morgan fingerprint density at radius 1 is 0.958 bits per heavy atom. The number of aliphatic hydroxyl groups is 1. The van der Waals surface area contributed by atoms with Gasteiger partial charge in [0.2, 0.25) is 0 Å². The fourth-order valence-electron chi connectivity index (χ4n) is 2.46. The van der Waals surface area contributed by atoms with Crippen molar-refractivity contribution in [2.45, 2.75) is 26.1 Å².